The summed E-state index contributed by atoms with van der Waals surface area (Å²) < 4.78 is 0. The predicted octanol–water partition coefficient (Wildman–Crippen LogP) is 6.21. The molecule has 9 atom stereocenters. The highest BCUT2D eigenvalue weighted by molar-refractivity contribution is 5.86. The fourth-order valence-corrected chi connectivity index (χ4v) is 11.2. The third kappa shape index (κ3) is 3.00. The molecule has 0 heterocycles. The van der Waals surface area contributed by atoms with E-state index >= 15 is 0 Å². The van der Waals surface area contributed by atoms with Gasteiger partial charge >= 0.3 is 5.97 Å². The fourth-order valence-electron chi connectivity index (χ4n) is 11.2. The summed E-state index contributed by atoms with van der Waals surface area (Å²) in [5.74, 6) is 1.78. The van der Waals surface area contributed by atoms with E-state index in [9.17, 15) is 20.1 Å². The number of allylic oxidation sites excluding steroid dienone is 1. The average Bonchev–Trinajstić information content (AvgIpc) is 3.36. The van der Waals surface area contributed by atoms with Crippen molar-refractivity contribution in [3.8, 4) is 0 Å². The van der Waals surface area contributed by atoms with Crippen LogP contribution in [0.3, 0.4) is 0 Å². The first-order valence-corrected chi connectivity index (χ1v) is 14.1. The van der Waals surface area contributed by atoms with Crippen LogP contribution < -0.4 is 0 Å². The molecule has 0 aromatic carbocycles. The summed E-state index contributed by atoms with van der Waals surface area (Å²) in [4.78, 5) is 11.2. The standard InChI is InChI=1S/C30H48O4/c1-19(7-6-8-20(17-31)25(33)34)21-11-13-28(5)23-10-9-22-26(2,3)24(32)12-14-29(22)18-30(23,29)16-15-27(21,28)4/h8,19,21-24,31-32H,6-7,9-18H2,1-5H3,(H,33,34)/b20-8-/t19-,21-,22+,23+,24+,27-,28+,29-,30+/m1/s1. The molecule has 0 unspecified atom stereocenters. The number of aliphatic carboxylic acids is 1. The van der Waals surface area contributed by atoms with Gasteiger partial charge in [0.2, 0.25) is 0 Å². The van der Waals surface area contributed by atoms with Gasteiger partial charge in [-0.3, -0.25) is 0 Å². The Morgan fingerprint density at radius 2 is 1.62 bits per heavy atom. The van der Waals surface area contributed by atoms with Gasteiger partial charge in [0.25, 0.3) is 0 Å². The Kier molecular flexibility index (Phi) is 5.70. The largest absolute Gasteiger partial charge is 0.478 e. The molecule has 5 saturated carbocycles. The second-order valence-corrected chi connectivity index (χ2v) is 14.3. The summed E-state index contributed by atoms with van der Waals surface area (Å²) in [5.41, 5.74) is 1.96. The second-order valence-electron chi connectivity index (χ2n) is 14.3. The van der Waals surface area contributed by atoms with Crippen molar-refractivity contribution in [3.63, 3.8) is 0 Å². The molecule has 5 aliphatic carbocycles. The molecule has 2 spiro atoms. The molecular weight excluding hydrogens is 424 g/mol. The smallest absolute Gasteiger partial charge is 0.333 e. The van der Waals surface area contributed by atoms with Gasteiger partial charge in [-0.25, -0.2) is 4.79 Å². The van der Waals surface area contributed by atoms with E-state index in [-0.39, 0.29) is 23.7 Å². The van der Waals surface area contributed by atoms with Crippen molar-refractivity contribution in [2.24, 2.45) is 50.7 Å². The first kappa shape index (κ1) is 24.8. The molecule has 0 amide bonds. The van der Waals surface area contributed by atoms with Gasteiger partial charge < -0.3 is 15.3 Å². The molecule has 0 aromatic rings. The normalized spacial score (nSPS) is 49.9. The maximum atomic E-state index is 11.2. The maximum Gasteiger partial charge on any atom is 0.333 e. The number of fused-ring (bicyclic) bond motifs is 2. The number of carboxylic acid groups (broad SMARTS) is 1. The van der Waals surface area contributed by atoms with E-state index in [4.69, 9.17) is 0 Å². The van der Waals surface area contributed by atoms with E-state index < -0.39 is 5.97 Å². The topological polar surface area (TPSA) is 77.8 Å². The second kappa shape index (κ2) is 7.81. The van der Waals surface area contributed by atoms with Crippen LogP contribution in [0.1, 0.15) is 105 Å². The van der Waals surface area contributed by atoms with Crippen LogP contribution >= 0.6 is 0 Å². The molecule has 5 fully saturated rings. The minimum atomic E-state index is -1.000. The van der Waals surface area contributed by atoms with Gasteiger partial charge in [0.15, 0.2) is 0 Å². The number of hydrogen-bond acceptors (Lipinski definition) is 3. The minimum Gasteiger partial charge on any atom is -0.478 e. The Morgan fingerprint density at radius 1 is 0.941 bits per heavy atom. The Labute approximate surface area is 206 Å². The van der Waals surface area contributed by atoms with Gasteiger partial charge in [-0.1, -0.05) is 40.7 Å². The molecule has 0 aromatic heterocycles. The SMILES string of the molecule is C[C@H](CC/C=C(/CO)C(=O)O)[C@H]1CC[C@@]2(C)[C@@H]3CC[C@H]4C(C)(C)[C@@H](O)CC[C@@]45C[C@@]35CC[C@]12C. The summed E-state index contributed by atoms with van der Waals surface area (Å²) >= 11 is 0. The van der Waals surface area contributed by atoms with Crippen LogP contribution in [0.4, 0.5) is 0 Å². The molecule has 0 aliphatic heterocycles. The van der Waals surface area contributed by atoms with Crippen LogP contribution in [0.5, 0.6) is 0 Å². The van der Waals surface area contributed by atoms with Gasteiger partial charge in [-0.05, 0) is 121 Å². The number of hydrogen-bond donors (Lipinski definition) is 3. The first-order valence-electron chi connectivity index (χ1n) is 14.1. The van der Waals surface area contributed by atoms with E-state index in [1.807, 2.05) is 0 Å². The van der Waals surface area contributed by atoms with Crippen molar-refractivity contribution in [2.75, 3.05) is 6.61 Å². The number of aliphatic hydroxyl groups is 2. The lowest BCUT2D eigenvalue weighted by molar-refractivity contribution is -0.161. The molecule has 0 saturated heterocycles. The Morgan fingerprint density at radius 3 is 2.29 bits per heavy atom. The molecule has 0 bridgehead atoms. The lowest BCUT2D eigenvalue weighted by atomic mass is 9.41. The third-order valence-electron chi connectivity index (χ3n) is 13.3. The summed E-state index contributed by atoms with van der Waals surface area (Å²) in [6.45, 7) is 11.9. The quantitative estimate of drug-likeness (QED) is 0.402. The molecule has 5 rings (SSSR count). The van der Waals surface area contributed by atoms with Crippen LogP contribution in [-0.4, -0.2) is 34.0 Å². The first-order chi connectivity index (χ1) is 15.9. The van der Waals surface area contributed by atoms with E-state index in [0.29, 0.717) is 39.4 Å². The van der Waals surface area contributed by atoms with E-state index in [2.05, 4.69) is 34.6 Å². The minimum absolute atomic E-state index is 0.0536. The lowest BCUT2D eigenvalue weighted by Gasteiger charge is -2.63. The zero-order valence-electron chi connectivity index (χ0n) is 22.2. The van der Waals surface area contributed by atoms with Gasteiger partial charge in [-0.15, -0.1) is 0 Å². The van der Waals surface area contributed by atoms with Crippen molar-refractivity contribution >= 4 is 5.97 Å². The number of aliphatic hydroxyl groups excluding tert-OH is 2. The summed E-state index contributed by atoms with van der Waals surface area (Å²) in [6.07, 6.45) is 15.0. The molecule has 4 heteroatoms. The molecule has 192 valence electrons. The highest BCUT2D eigenvalue weighted by Crippen LogP contribution is 2.89. The zero-order valence-corrected chi connectivity index (χ0v) is 22.2. The zero-order chi connectivity index (χ0) is 24.7. The number of rotatable bonds is 6. The fraction of sp³-hybridized carbons (Fsp3) is 0.900. The van der Waals surface area contributed by atoms with Crippen LogP contribution in [0, 0.1) is 50.7 Å². The summed E-state index contributed by atoms with van der Waals surface area (Å²) in [7, 11) is 0. The van der Waals surface area contributed by atoms with Gasteiger partial charge in [0, 0.05) is 0 Å². The highest BCUT2D eigenvalue weighted by atomic mass is 16.4. The molecule has 5 aliphatic rings. The number of carbonyl (C=O) groups is 1. The van der Waals surface area contributed by atoms with Gasteiger partial charge in [0.05, 0.1) is 18.3 Å². The molecule has 3 N–H and O–H groups in total. The van der Waals surface area contributed by atoms with Crippen molar-refractivity contribution in [1.29, 1.82) is 0 Å². The predicted molar refractivity (Wildman–Crippen MR) is 134 cm³/mol. The monoisotopic (exact) mass is 472 g/mol. The van der Waals surface area contributed by atoms with Crippen molar-refractivity contribution < 1.29 is 20.1 Å². The van der Waals surface area contributed by atoms with E-state index in [1.54, 1.807) is 6.08 Å². The van der Waals surface area contributed by atoms with Crippen molar-refractivity contribution in [2.45, 2.75) is 111 Å². The molecule has 34 heavy (non-hydrogen) atoms. The highest BCUT2D eigenvalue weighted by Gasteiger charge is 2.82. The van der Waals surface area contributed by atoms with E-state index in [0.717, 1.165) is 25.2 Å². The summed E-state index contributed by atoms with van der Waals surface area (Å²) in [6, 6.07) is 0. The van der Waals surface area contributed by atoms with Crippen LogP contribution in [0.15, 0.2) is 11.6 Å². The molecular formula is C30H48O4. The van der Waals surface area contributed by atoms with E-state index in [1.165, 1.54) is 51.4 Å². The molecule has 0 radical (unpaired) electrons. The summed E-state index contributed by atoms with van der Waals surface area (Å²) in [5, 5.41) is 29.4. The Bertz CT molecular complexity index is 877. The Hall–Kier alpha value is -0.870. The van der Waals surface area contributed by atoms with Crippen LogP contribution in [0.2, 0.25) is 0 Å². The van der Waals surface area contributed by atoms with Crippen molar-refractivity contribution in [3.05, 3.63) is 11.6 Å². The van der Waals surface area contributed by atoms with Gasteiger partial charge in [0.1, 0.15) is 0 Å². The maximum absolute atomic E-state index is 11.2. The van der Waals surface area contributed by atoms with Crippen molar-refractivity contribution in [1.82, 2.24) is 0 Å². The van der Waals surface area contributed by atoms with Crippen LogP contribution in [-0.2, 0) is 4.79 Å². The molecule has 4 nitrogen and oxygen atoms in total. The third-order valence-corrected chi connectivity index (χ3v) is 13.3. The van der Waals surface area contributed by atoms with Gasteiger partial charge in [-0.2, -0.15) is 0 Å². The average molecular weight is 473 g/mol. The Balaban J connectivity index is 1.35. The lowest BCUT2D eigenvalue weighted by Crippen LogP contribution is -2.57. The number of carboxylic acids is 1. The van der Waals surface area contributed by atoms with Crippen LogP contribution in [0.25, 0.3) is 0 Å².